The van der Waals surface area contributed by atoms with Crippen molar-refractivity contribution in [1.29, 1.82) is 0 Å². The summed E-state index contributed by atoms with van der Waals surface area (Å²) in [7, 11) is -1.79. The topological polar surface area (TPSA) is 66.6 Å². The van der Waals surface area contributed by atoms with Crippen molar-refractivity contribution in [2.24, 2.45) is 0 Å². The third-order valence-corrected chi connectivity index (χ3v) is 6.35. The van der Waals surface area contributed by atoms with Gasteiger partial charge >= 0.3 is 0 Å². The maximum atomic E-state index is 12.7. The maximum absolute atomic E-state index is 12.7. The average Bonchev–Trinajstić information content (AvgIpc) is 2.49. The van der Waals surface area contributed by atoms with Gasteiger partial charge in [0.1, 0.15) is 0 Å². The van der Waals surface area contributed by atoms with E-state index in [1.165, 1.54) is 4.31 Å². The molecule has 1 heterocycles. The fourth-order valence-corrected chi connectivity index (χ4v) is 4.19. The molecule has 0 saturated carbocycles. The smallest absolute Gasteiger partial charge is 0.243 e. The summed E-state index contributed by atoms with van der Waals surface area (Å²) < 4.78 is 26.9. The molecule has 1 saturated heterocycles. The third-order valence-electron chi connectivity index (χ3n) is 4.45. The second-order valence-corrected chi connectivity index (χ2v) is 7.70. The Hall–Kier alpha value is -1.11. The van der Waals surface area contributed by atoms with Gasteiger partial charge in [0.15, 0.2) is 0 Å². The van der Waals surface area contributed by atoms with Gasteiger partial charge in [0.05, 0.1) is 4.90 Å². The SMILES string of the molecule is CCN1CCC(N(C)S(=O)(=O)c2ccc(C)c(N)c2)CC1. The standard InChI is InChI=1S/C15H25N3O2S/c1-4-18-9-7-13(8-10-18)17(3)21(19,20)14-6-5-12(2)15(16)11-14/h5-6,11,13H,4,7-10,16H2,1-3H3. The van der Waals surface area contributed by atoms with E-state index in [1.807, 2.05) is 6.92 Å². The number of sulfonamides is 1. The Morgan fingerprint density at radius 3 is 2.48 bits per heavy atom. The molecule has 2 rings (SSSR count). The second-order valence-electron chi connectivity index (χ2n) is 5.71. The van der Waals surface area contributed by atoms with Crippen molar-refractivity contribution in [3.05, 3.63) is 23.8 Å². The normalized spacial score (nSPS) is 18.3. The number of piperidine rings is 1. The molecule has 1 aliphatic heterocycles. The van der Waals surface area contributed by atoms with E-state index in [0.717, 1.165) is 38.0 Å². The number of nitrogens with zero attached hydrogens (tertiary/aromatic N) is 2. The molecule has 0 radical (unpaired) electrons. The summed E-state index contributed by atoms with van der Waals surface area (Å²) in [5.74, 6) is 0. The monoisotopic (exact) mass is 311 g/mol. The molecule has 0 amide bonds. The predicted octanol–water partition coefficient (Wildman–Crippen LogP) is 1.68. The quantitative estimate of drug-likeness (QED) is 0.859. The fraction of sp³-hybridized carbons (Fsp3) is 0.600. The molecule has 1 aromatic rings. The van der Waals surface area contributed by atoms with Crippen LogP contribution in [0.25, 0.3) is 0 Å². The van der Waals surface area contributed by atoms with Crippen molar-refractivity contribution in [3.63, 3.8) is 0 Å². The minimum Gasteiger partial charge on any atom is -0.398 e. The summed E-state index contributed by atoms with van der Waals surface area (Å²) >= 11 is 0. The van der Waals surface area contributed by atoms with Crippen molar-refractivity contribution < 1.29 is 8.42 Å². The number of hydrogen-bond donors (Lipinski definition) is 1. The van der Waals surface area contributed by atoms with Crippen LogP contribution in [0.3, 0.4) is 0 Å². The Labute approximate surface area is 127 Å². The van der Waals surface area contributed by atoms with Crippen LogP contribution in [0.4, 0.5) is 5.69 Å². The second kappa shape index (κ2) is 6.34. The van der Waals surface area contributed by atoms with E-state index in [4.69, 9.17) is 5.73 Å². The van der Waals surface area contributed by atoms with Gasteiger partial charge in [0.2, 0.25) is 10.0 Å². The number of aryl methyl sites for hydroxylation is 1. The van der Waals surface area contributed by atoms with Gasteiger partial charge in [0, 0.05) is 18.8 Å². The molecule has 0 unspecified atom stereocenters. The third kappa shape index (κ3) is 3.39. The molecule has 6 heteroatoms. The maximum Gasteiger partial charge on any atom is 0.243 e. The van der Waals surface area contributed by atoms with Gasteiger partial charge in [-0.3, -0.25) is 0 Å². The van der Waals surface area contributed by atoms with Crippen LogP contribution in [0.2, 0.25) is 0 Å². The fourth-order valence-electron chi connectivity index (χ4n) is 2.74. The number of anilines is 1. The lowest BCUT2D eigenvalue weighted by molar-refractivity contribution is 0.176. The summed E-state index contributed by atoms with van der Waals surface area (Å²) in [5.41, 5.74) is 7.26. The first kappa shape index (κ1) is 16.3. The summed E-state index contributed by atoms with van der Waals surface area (Å²) in [6.45, 7) is 6.94. The molecule has 0 spiro atoms. The van der Waals surface area contributed by atoms with Gasteiger partial charge in [-0.2, -0.15) is 4.31 Å². The summed E-state index contributed by atoms with van der Waals surface area (Å²) in [5, 5.41) is 0. The first-order chi connectivity index (χ1) is 9.86. The van der Waals surface area contributed by atoms with Gasteiger partial charge < -0.3 is 10.6 Å². The Kier molecular flexibility index (Phi) is 4.91. The van der Waals surface area contributed by atoms with E-state index in [9.17, 15) is 8.42 Å². The molecule has 1 aliphatic rings. The molecule has 1 fully saturated rings. The zero-order valence-electron chi connectivity index (χ0n) is 13.0. The van der Waals surface area contributed by atoms with E-state index in [2.05, 4.69) is 11.8 Å². The van der Waals surface area contributed by atoms with E-state index >= 15 is 0 Å². The zero-order chi connectivity index (χ0) is 15.6. The Morgan fingerprint density at radius 2 is 1.95 bits per heavy atom. The van der Waals surface area contributed by atoms with Crippen LogP contribution in [-0.2, 0) is 10.0 Å². The van der Waals surface area contributed by atoms with Gasteiger partial charge in [-0.25, -0.2) is 8.42 Å². The molecule has 2 N–H and O–H groups in total. The summed E-state index contributed by atoms with van der Waals surface area (Å²) in [6, 6.07) is 5.02. The highest BCUT2D eigenvalue weighted by atomic mass is 32.2. The van der Waals surface area contributed by atoms with Gasteiger partial charge in [-0.05, 0) is 57.1 Å². The van der Waals surface area contributed by atoms with Gasteiger partial charge in [-0.15, -0.1) is 0 Å². The molecular weight excluding hydrogens is 286 g/mol. The van der Waals surface area contributed by atoms with Crippen molar-refractivity contribution >= 4 is 15.7 Å². The lowest BCUT2D eigenvalue weighted by Crippen LogP contribution is -2.45. The molecule has 0 bridgehead atoms. The van der Waals surface area contributed by atoms with Crippen molar-refractivity contribution in [3.8, 4) is 0 Å². The molecule has 118 valence electrons. The molecule has 0 aliphatic carbocycles. The predicted molar refractivity (Wildman–Crippen MR) is 85.7 cm³/mol. The van der Waals surface area contributed by atoms with E-state index in [1.54, 1.807) is 25.2 Å². The van der Waals surface area contributed by atoms with Crippen LogP contribution in [0.5, 0.6) is 0 Å². The minimum absolute atomic E-state index is 0.0697. The summed E-state index contributed by atoms with van der Waals surface area (Å²) in [4.78, 5) is 2.63. The number of rotatable bonds is 4. The summed E-state index contributed by atoms with van der Waals surface area (Å²) in [6.07, 6.45) is 1.76. The minimum atomic E-state index is -3.47. The Balaban J connectivity index is 2.17. The van der Waals surface area contributed by atoms with Crippen molar-refractivity contribution in [2.75, 3.05) is 32.4 Å². The average molecular weight is 311 g/mol. The van der Waals surface area contributed by atoms with Gasteiger partial charge in [-0.1, -0.05) is 13.0 Å². The van der Waals surface area contributed by atoms with Crippen LogP contribution in [-0.4, -0.2) is 50.3 Å². The Bertz CT molecular complexity index is 593. The zero-order valence-corrected chi connectivity index (χ0v) is 13.9. The van der Waals surface area contributed by atoms with Crippen molar-refractivity contribution in [2.45, 2.75) is 37.6 Å². The van der Waals surface area contributed by atoms with Crippen molar-refractivity contribution in [1.82, 2.24) is 9.21 Å². The lowest BCUT2D eigenvalue weighted by Gasteiger charge is -2.35. The highest BCUT2D eigenvalue weighted by Crippen LogP contribution is 2.24. The van der Waals surface area contributed by atoms with Crippen LogP contribution < -0.4 is 5.73 Å². The number of benzene rings is 1. The van der Waals surface area contributed by atoms with Crippen LogP contribution >= 0.6 is 0 Å². The largest absolute Gasteiger partial charge is 0.398 e. The van der Waals surface area contributed by atoms with Crippen LogP contribution in [0, 0.1) is 6.92 Å². The lowest BCUT2D eigenvalue weighted by atomic mass is 10.1. The number of nitrogens with two attached hydrogens (primary N) is 1. The molecule has 0 aromatic heterocycles. The molecule has 1 aromatic carbocycles. The molecule has 5 nitrogen and oxygen atoms in total. The number of nitrogen functional groups attached to an aromatic ring is 1. The Morgan fingerprint density at radius 1 is 1.33 bits per heavy atom. The molecule has 21 heavy (non-hydrogen) atoms. The molecule has 0 atom stereocenters. The highest BCUT2D eigenvalue weighted by Gasteiger charge is 2.30. The van der Waals surface area contributed by atoms with E-state index in [-0.39, 0.29) is 10.9 Å². The number of likely N-dealkylation sites (tertiary alicyclic amines) is 1. The van der Waals surface area contributed by atoms with E-state index < -0.39 is 10.0 Å². The van der Waals surface area contributed by atoms with Crippen LogP contribution in [0.1, 0.15) is 25.3 Å². The molecular formula is C15H25N3O2S. The highest BCUT2D eigenvalue weighted by molar-refractivity contribution is 7.89. The first-order valence-electron chi connectivity index (χ1n) is 7.42. The van der Waals surface area contributed by atoms with Crippen LogP contribution in [0.15, 0.2) is 23.1 Å². The van der Waals surface area contributed by atoms with Gasteiger partial charge in [0.25, 0.3) is 0 Å². The number of hydrogen-bond acceptors (Lipinski definition) is 4. The van der Waals surface area contributed by atoms with E-state index in [0.29, 0.717) is 5.69 Å². The first-order valence-corrected chi connectivity index (χ1v) is 8.86.